The highest BCUT2D eigenvalue weighted by Crippen LogP contribution is 2.25. The monoisotopic (exact) mass is 294 g/mol. The number of hydrogen-bond acceptors (Lipinski definition) is 4. The standard InChI is InChI=1S/C13H11FN2O3S/c1-15(8-9-4-2-3-5-10(9)14)13(17)11-6-7-12(20-11)16(18)19/h2-7H,8H2,1H3. The molecule has 0 fully saturated rings. The van der Waals surface area contributed by atoms with Crippen LogP contribution in [0.25, 0.3) is 0 Å². The Bertz CT molecular complexity index is 657. The largest absolute Gasteiger partial charge is 0.337 e. The van der Waals surface area contributed by atoms with Crippen molar-refractivity contribution >= 4 is 22.2 Å². The molecule has 1 aromatic carbocycles. The van der Waals surface area contributed by atoms with Crippen LogP contribution < -0.4 is 0 Å². The average molecular weight is 294 g/mol. The molecule has 0 N–H and O–H groups in total. The molecule has 0 unspecified atom stereocenters. The van der Waals surface area contributed by atoms with E-state index in [9.17, 15) is 19.3 Å². The Morgan fingerprint density at radius 2 is 2.05 bits per heavy atom. The first-order chi connectivity index (χ1) is 9.49. The number of carbonyl (C=O) groups excluding carboxylic acids is 1. The van der Waals surface area contributed by atoms with Crippen LogP contribution in [0.1, 0.15) is 15.2 Å². The van der Waals surface area contributed by atoms with Crippen LogP contribution in [0.5, 0.6) is 0 Å². The van der Waals surface area contributed by atoms with E-state index in [2.05, 4.69) is 0 Å². The molecule has 2 aromatic rings. The van der Waals surface area contributed by atoms with Crippen molar-refractivity contribution in [1.29, 1.82) is 0 Å². The van der Waals surface area contributed by atoms with Gasteiger partial charge in [0.05, 0.1) is 9.80 Å². The second-order valence-electron chi connectivity index (χ2n) is 4.15. The van der Waals surface area contributed by atoms with Gasteiger partial charge in [0.2, 0.25) is 0 Å². The average Bonchev–Trinajstić information content (AvgIpc) is 2.90. The predicted octanol–water partition coefficient (Wildman–Crippen LogP) is 3.07. The van der Waals surface area contributed by atoms with Crippen LogP contribution in [0, 0.1) is 15.9 Å². The lowest BCUT2D eigenvalue weighted by Crippen LogP contribution is -2.25. The highest BCUT2D eigenvalue weighted by atomic mass is 32.1. The quantitative estimate of drug-likeness (QED) is 0.643. The molecule has 0 radical (unpaired) electrons. The zero-order valence-electron chi connectivity index (χ0n) is 10.6. The number of thiophene rings is 1. The molecule has 0 atom stereocenters. The van der Waals surface area contributed by atoms with Crippen molar-refractivity contribution < 1.29 is 14.1 Å². The highest BCUT2D eigenvalue weighted by Gasteiger charge is 2.19. The molecule has 0 spiro atoms. The normalized spacial score (nSPS) is 10.3. The molecule has 0 aliphatic heterocycles. The third kappa shape index (κ3) is 3.00. The second kappa shape index (κ2) is 5.79. The van der Waals surface area contributed by atoms with E-state index in [1.165, 1.54) is 30.1 Å². The number of nitro groups is 1. The van der Waals surface area contributed by atoms with Crippen LogP contribution in [0.15, 0.2) is 36.4 Å². The van der Waals surface area contributed by atoms with E-state index in [0.717, 1.165) is 11.3 Å². The number of benzene rings is 1. The van der Waals surface area contributed by atoms with Crippen LogP contribution in [0.3, 0.4) is 0 Å². The molecule has 0 saturated carbocycles. The minimum atomic E-state index is -0.543. The topological polar surface area (TPSA) is 63.5 Å². The van der Waals surface area contributed by atoms with Crippen molar-refractivity contribution in [3.8, 4) is 0 Å². The SMILES string of the molecule is CN(Cc1ccccc1F)C(=O)c1ccc([N+](=O)[O-])s1. The van der Waals surface area contributed by atoms with E-state index in [0.29, 0.717) is 5.56 Å². The summed E-state index contributed by atoms with van der Waals surface area (Å²) >= 11 is 0.808. The summed E-state index contributed by atoms with van der Waals surface area (Å²) in [5.74, 6) is -0.754. The molecule has 1 heterocycles. The fourth-order valence-electron chi connectivity index (χ4n) is 1.68. The van der Waals surface area contributed by atoms with Crippen molar-refractivity contribution in [3.63, 3.8) is 0 Å². The maximum absolute atomic E-state index is 13.5. The summed E-state index contributed by atoms with van der Waals surface area (Å²) in [7, 11) is 1.53. The van der Waals surface area contributed by atoms with E-state index < -0.39 is 4.92 Å². The number of nitrogens with zero attached hydrogens (tertiary/aromatic N) is 2. The first-order valence-corrected chi connectivity index (χ1v) is 6.54. The molecule has 0 saturated heterocycles. The fourth-order valence-corrected chi connectivity index (χ4v) is 2.50. The van der Waals surface area contributed by atoms with E-state index in [4.69, 9.17) is 0 Å². The van der Waals surface area contributed by atoms with E-state index >= 15 is 0 Å². The molecule has 0 aliphatic carbocycles. The Labute approximate surface area is 118 Å². The third-order valence-corrected chi connectivity index (χ3v) is 3.72. The second-order valence-corrected chi connectivity index (χ2v) is 5.21. The highest BCUT2D eigenvalue weighted by molar-refractivity contribution is 7.17. The molecule has 2 rings (SSSR count). The first-order valence-electron chi connectivity index (χ1n) is 5.72. The maximum atomic E-state index is 13.5. The fraction of sp³-hybridized carbons (Fsp3) is 0.154. The zero-order valence-corrected chi connectivity index (χ0v) is 11.4. The molecule has 20 heavy (non-hydrogen) atoms. The van der Waals surface area contributed by atoms with Gasteiger partial charge in [0.1, 0.15) is 5.82 Å². The van der Waals surface area contributed by atoms with Crippen molar-refractivity contribution in [2.24, 2.45) is 0 Å². The predicted molar refractivity (Wildman–Crippen MR) is 73.2 cm³/mol. The van der Waals surface area contributed by atoms with Crippen molar-refractivity contribution in [1.82, 2.24) is 4.90 Å². The van der Waals surface area contributed by atoms with Crippen molar-refractivity contribution in [2.75, 3.05) is 7.05 Å². The van der Waals surface area contributed by atoms with Crippen LogP contribution in [0.4, 0.5) is 9.39 Å². The van der Waals surface area contributed by atoms with E-state index in [-0.39, 0.29) is 28.1 Å². The minimum Gasteiger partial charge on any atom is -0.337 e. The van der Waals surface area contributed by atoms with E-state index in [1.54, 1.807) is 18.2 Å². The molecular weight excluding hydrogens is 283 g/mol. The molecule has 1 amide bonds. The molecule has 7 heteroatoms. The van der Waals surface area contributed by atoms with Gasteiger partial charge < -0.3 is 4.90 Å². The first kappa shape index (κ1) is 14.1. The summed E-state index contributed by atoms with van der Waals surface area (Å²) in [4.78, 5) is 23.7. The van der Waals surface area contributed by atoms with Gasteiger partial charge in [0, 0.05) is 25.2 Å². The van der Waals surface area contributed by atoms with Gasteiger partial charge in [-0.3, -0.25) is 14.9 Å². The zero-order chi connectivity index (χ0) is 14.7. The summed E-state index contributed by atoms with van der Waals surface area (Å²) in [5.41, 5.74) is 0.398. The lowest BCUT2D eigenvalue weighted by Gasteiger charge is -2.16. The number of amides is 1. The summed E-state index contributed by atoms with van der Waals surface area (Å²) in [5, 5.41) is 10.5. The van der Waals surface area contributed by atoms with Crippen LogP contribution in [-0.4, -0.2) is 22.8 Å². The smallest absolute Gasteiger partial charge is 0.324 e. The summed E-state index contributed by atoms with van der Waals surface area (Å²) in [6.07, 6.45) is 0. The number of hydrogen-bond donors (Lipinski definition) is 0. The van der Waals surface area contributed by atoms with Gasteiger partial charge in [-0.2, -0.15) is 0 Å². The van der Waals surface area contributed by atoms with Crippen molar-refractivity contribution in [2.45, 2.75) is 6.54 Å². The van der Waals surface area contributed by atoms with Crippen LogP contribution in [-0.2, 0) is 6.54 Å². The Balaban J connectivity index is 2.12. The van der Waals surface area contributed by atoms with Crippen molar-refractivity contribution in [3.05, 3.63) is 62.8 Å². The van der Waals surface area contributed by atoms with Crippen LogP contribution >= 0.6 is 11.3 Å². The molecule has 0 bridgehead atoms. The van der Waals surface area contributed by atoms with Gasteiger partial charge in [0.15, 0.2) is 0 Å². The Hall–Kier alpha value is -2.28. The number of carbonyl (C=O) groups is 1. The van der Waals surface area contributed by atoms with Gasteiger partial charge in [-0.25, -0.2) is 4.39 Å². The Kier molecular flexibility index (Phi) is 4.09. The van der Waals surface area contributed by atoms with Crippen LogP contribution in [0.2, 0.25) is 0 Å². The van der Waals surface area contributed by atoms with Gasteiger partial charge in [0.25, 0.3) is 5.91 Å². The lowest BCUT2D eigenvalue weighted by molar-refractivity contribution is -0.380. The third-order valence-electron chi connectivity index (χ3n) is 2.69. The van der Waals surface area contributed by atoms with Gasteiger partial charge in [-0.15, -0.1) is 0 Å². The molecular formula is C13H11FN2O3S. The number of halogens is 1. The molecule has 1 aromatic heterocycles. The van der Waals surface area contributed by atoms with Gasteiger partial charge in [-0.05, 0) is 12.1 Å². The maximum Gasteiger partial charge on any atom is 0.324 e. The molecule has 0 aliphatic rings. The summed E-state index contributed by atoms with van der Waals surface area (Å²) in [6.45, 7) is 0.108. The van der Waals surface area contributed by atoms with Gasteiger partial charge in [-0.1, -0.05) is 29.5 Å². The lowest BCUT2D eigenvalue weighted by atomic mass is 10.2. The number of rotatable bonds is 4. The minimum absolute atomic E-state index is 0.0901. The summed E-state index contributed by atoms with van der Waals surface area (Å²) in [6, 6.07) is 8.87. The molecule has 104 valence electrons. The van der Waals surface area contributed by atoms with E-state index in [1.807, 2.05) is 0 Å². The Morgan fingerprint density at radius 3 is 2.65 bits per heavy atom. The molecule has 5 nitrogen and oxygen atoms in total. The summed E-state index contributed by atoms with van der Waals surface area (Å²) < 4.78 is 13.5. The van der Waals surface area contributed by atoms with Gasteiger partial charge >= 0.3 is 5.00 Å². The Morgan fingerprint density at radius 1 is 1.35 bits per heavy atom.